The summed E-state index contributed by atoms with van der Waals surface area (Å²) in [6, 6.07) is 9.00. The maximum Gasteiger partial charge on any atom is 0.236 e. The van der Waals surface area contributed by atoms with E-state index in [0.717, 1.165) is 12.8 Å². The lowest BCUT2D eigenvalue weighted by molar-refractivity contribution is -0.132. The monoisotopic (exact) mass is 274 g/mol. The van der Waals surface area contributed by atoms with E-state index in [9.17, 15) is 4.79 Å². The number of nitrogens with two attached hydrogens (primary N) is 1. The van der Waals surface area contributed by atoms with Crippen LogP contribution < -0.4 is 5.73 Å². The third-order valence-corrected chi connectivity index (χ3v) is 4.26. The standard InChI is InChI=1S/C17H26N2O/c1-13(2)15-9-7-14(8-10-15)12-19(17(20)11-18)16-5-3-4-6-16/h7-10,13,16H,3-6,11-12,18H2,1-2H3. The van der Waals surface area contributed by atoms with Crippen molar-refractivity contribution in [3.63, 3.8) is 0 Å². The molecule has 0 aliphatic heterocycles. The van der Waals surface area contributed by atoms with Gasteiger partial charge in [-0.25, -0.2) is 0 Å². The Balaban J connectivity index is 2.08. The zero-order chi connectivity index (χ0) is 14.5. The molecule has 0 saturated heterocycles. The SMILES string of the molecule is CC(C)c1ccc(CN(C(=O)CN)C2CCCC2)cc1. The first-order chi connectivity index (χ1) is 9.61. The number of benzene rings is 1. The van der Waals surface area contributed by atoms with Crippen LogP contribution in [0.25, 0.3) is 0 Å². The van der Waals surface area contributed by atoms with Crippen molar-refractivity contribution in [1.29, 1.82) is 0 Å². The van der Waals surface area contributed by atoms with E-state index in [0.29, 0.717) is 18.5 Å². The van der Waals surface area contributed by atoms with Crippen LogP contribution in [-0.2, 0) is 11.3 Å². The molecule has 20 heavy (non-hydrogen) atoms. The first kappa shape index (κ1) is 15.0. The van der Waals surface area contributed by atoms with Gasteiger partial charge < -0.3 is 10.6 Å². The van der Waals surface area contributed by atoms with Gasteiger partial charge in [-0.1, -0.05) is 51.0 Å². The predicted molar refractivity (Wildman–Crippen MR) is 82.4 cm³/mol. The van der Waals surface area contributed by atoms with Crippen LogP contribution in [0.5, 0.6) is 0 Å². The highest BCUT2D eigenvalue weighted by atomic mass is 16.2. The van der Waals surface area contributed by atoms with Crippen molar-refractivity contribution in [3.8, 4) is 0 Å². The second-order valence-electron chi connectivity index (χ2n) is 6.06. The largest absolute Gasteiger partial charge is 0.334 e. The highest BCUT2D eigenvalue weighted by molar-refractivity contribution is 5.78. The molecule has 2 rings (SSSR count). The molecule has 0 radical (unpaired) electrons. The Kier molecular flexibility index (Phi) is 5.18. The Morgan fingerprint density at radius 2 is 1.85 bits per heavy atom. The molecule has 1 aromatic carbocycles. The topological polar surface area (TPSA) is 46.3 Å². The lowest BCUT2D eigenvalue weighted by atomic mass is 10.0. The van der Waals surface area contributed by atoms with E-state index in [4.69, 9.17) is 5.73 Å². The van der Waals surface area contributed by atoms with Gasteiger partial charge in [-0.3, -0.25) is 4.79 Å². The van der Waals surface area contributed by atoms with Crippen LogP contribution in [0.3, 0.4) is 0 Å². The maximum absolute atomic E-state index is 12.1. The summed E-state index contributed by atoms with van der Waals surface area (Å²) >= 11 is 0. The van der Waals surface area contributed by atoms with Crippen molar-refractivity contribution >= 4 is 5.91 Å². The van der Waals surface area contributed by atoms with E-state index in [1.165, 1.54) is 24.0 Å². The average Bonchev–Trinajstić information content (AvgIpc) is 2.98. The molecule has 0 aromatic heterocycles. The number of hydrogen-bond donors (Lipinski definition) is 1. The Labute approximate surface area is 122 Å². The molecule has 0 unspecified atom stereocenters. The molecule has 0 heterocycles. The normalized spacial score (nSPS) is 15.8. The summed E-state index contributed by atoms with van der Waals surface area (Å²) in [4.78, 5) is 14.1. The Bertz CT molecular complexity index is 433. The Morgan fingerprint density at radius 3 is 2.35 bits per heavy atom. The molecule has 1 fully saturated rings. The van der Waals surface area contributed by atoms with Gasteiger partial charge >= 0.3 is 0 Å². The fourth-order valence-electron chi connectivity index (χ4n) is 2.96. The van der Waals surface area contributed by atoms with Crippen molar-refractivity contribution in [2.24, 2.45) is 5.73 Å². The third-order valence-electron chi connectivity index (χ3n) is 4.26. The van der Waals surface area contributed by atoms with Crippen molar-refractivity contribution in [2.45, 2.75) is 58.0 Å². The molecule has 0 atom stereocenters. The van der Waals surface area contributed by atoms with Crippen LogP contribution in [0.2, 0.25) is 0 Å². The van der Waals surface area contributed by atoms with Gasteiger partial charge in [0.2, 0.25) is 5.91 Å². The minimum Gasteiger partial charge on any atom is -0.334 e. The number of rotatable bonds is 5. The van der Waals surface area contributed by atoms with Gasteiger partial charge in [0.1, 0.15) is 0 Å². The minimum atomic E-state index is 0.0739. The fourth-order valence-corrected chi connectivity index (χ4v) is 2.96. The molecule has 1 aliphatic rings. The Morgan fingerprint density at radius 1 is 1.25 bits per heavy atom. The number of hydrogen-bond acceptors (Lipinski definition) is 2. The molecule has 1 aromatic rings. The van der Waals surface area contributed by atoms with Crippen LogP contribution in [0.1, 0.15) is 56.6 Å². The van der Waals surface area contributed by atoms with Gasteiger partial charge in [0.05, 0.1) is 6.54 Å². The minimum absolute atomic E-state index is 0.0739. The second-order valence-corrected chi connectivity index (χ2v) is 6.06. The fraction of sp³-hybridized carbons (Fsp3) is 0.588. The molecule has 0 spiro atoms. The van der Waals surface area contributed by atoms with E-state index in [1.54, 1.807) is 0 Å². The summed E-state index contributed by atoms with van der Waals surface area (Å²) in [7, 11) is 0. The zero-order valence-electron chi connectivity index (χ0n) is 12.6. The van der Waals surface area contributed by atoms with Gasteiger partial charge in [-0.05, 0) is 29.9 Å². The van der Waals surface area contributed by atoms with Crippen molar-refractivity contribution in [1.82, 2.24) is 4.90 Å². The number of carbonyl (C=O) groups is 1. The van der Waals surface area contributed by atoms with E-state index in [2.05, 4.69) is 38.1 Å². The van der Waals surface area contributed by atoms with E-state index < -0.39 is 0 Å². The predicted octanol–water partition coefficient (Wildman–Crippen LogP) is 3.04. The molecular formula is C17H26N2O. The Hall–Kier alpha value is -1.35. The number of carbonyl (C=O) groups excluding carboxylic acids is 1. The molecule has 2 N–H and O–H groups in total. The first-order valence-corrected chi connectivity index (χ1v) is 7.70. The van der Waals surface area contributed by atoms with Crippen LogP contribution in [0.4, 0.5) is 0 Å². The van der Waals surface area contributed by atoms with Gasteiger partial charge in [0.15, 0.2) is 0 Å². The average molecular weight is 274 g/mol. The van der Waals surface area contributed by atoms with Gasteiger partial charge in [-0.2, -0.15) is 0 Å². The summed E-state index contributed by atoms with van der Waals surface area (Å²) in [6.07, 6.45) is 4.70. The van der Waals surface area contributed by atoms with Crippen molar-refractivity contribution in [3.05, 3.63) is 35.4 Å². The molecule has 0 bridgehead atoms. The summed E-state index contributed by atoms with van der Waals surface area (Å²) in [5, 5.41) is 0. The lowest BCUT2D eigenvalue weighted by Gasteiger charge is -2.29. The highest BCUT2D eigenvalue weighted by Crippen LogP contribution is 2.25. The van der Waals surface area contributed by atoms with E-state index >= 15 is 0 Å². The van der Waals surface area contributed by atoms with Gasteiger partial charge in [-0.15, -0.1) is 0 Å². The number of amides is 1. The van der Waals surface area contributed by atoms with Crippen LogP contribution in [-0.4, -0.2) is 23.4 Å². The molecule has 1 aliphatic carbocycles. The van der Waals surface area contributed by atoms with Crippen LogP contribution >= 0.6 is 0 Å². The molecule has 3 heteroatoms. The highest BCUT2D eigenvalue weighted by Gasteiger charge is 2.25. The number of nitrogens with zero attached hydrogens (tertiary/aromatic N) is 1. The lowest BCUT2D eigenvalue weighted by Crippen LogP contribution is -2.41. The van der Waals surface area contributed by atoms with Crippen molar-refractivity contribution in [2.75, 3.05) is 6.54 Å². The molecule has 110 valence electrons. The quantitative estimate of drug-likeness (QED) is 0.897. The van der Waals surface area contributed by atoms with E-state index in [1.807, 2.05) is 4.90 Å². The van der Waals surface area contributed by atoms with Gasteiger partial charge in [0, 0.05) is 12.6 Å². The summed E-state index contributed by atoms with van der Waals surface area (Å²) in [5.74, 6) is 0.616. The smallest absolute Gasteiger partial charge is 0.236 e. The third kappa shape index (κ3) is 3.60. The second kappa shape index (κ2) is 6.89. The maximum atomic E-state index is 12.1. The molecule has 3 nitrogen and oxygen atoms in total. The van der Waals surface area contributed by atoms with Crippen LogP contribution in [0.15, 0.2) is 24.3 Å². The summed E-state index contributed by atoms with van der Waals surface area (Å²) in [5.41, 5.74) is 8.10. The summed E-state index contributed by atoms with van der Waals surface area (Å²) < 4.78 is 0. The summed E-state index contributed by atoms with van der Waals surface area (Å²) in [6.45, 7) is 5.19. The first-order valence-electron chi connectivity index (χ1n) is 7.70. The molecule has 1 amide bonds. The molecular weight excluding hydrogens is 248 g/mol. The molecule has 1 saturated carbocycles. The van der Waals surface area contributed by atoms with E-state index in [-0.39, 0.29) is 12.5 Å². The van der Waals surface area contributed by atoms with Crippen LogP contribution in [0, 0.1) is 0 Å². The van der Waals surface area contributed by atoms with Crippen molar-refractivity contribution < 1.29 is 4.79 Å². The zero-order valence-corrected chi connectivity index (χ0v) is 12.6. The van der Waals surface area contributed by atoms with Gasteiger partial charge in [0.25, 0.3) is 0 Å².